The number of carbonyl (C=O) groups is 1. The molecule has 0 radical (unpaired) electrons. The first-order valence-electron chi connectivity index (χ1n) is 7.42. The number of halogens is 1. The number of ether oxygens (including phenoxy) is 2. The van der Waals surface area contributed by atoms with Crippen LogP contribution in [0.25, 0.3) is 0 Å². The molecule has 4 nitrogen and oxygen atoms in total. The van der Waals surface area contributed by atoms with Gasteiger partial charge in [0.2, 0.25) is 5.91 Å². The molecule has 2 aromatic carbocycles. The van der Waals surface area contributed by atoms with Crippen LogP contribution in [0.5, 0.6) is 11.5 Å². The van der Waals surface area contributed by atoms with E-state index in [0.29, 0.717) is 12.3 Å². The van der Waals surface area contributed by atoms with E-state index in [-0.39, 0.29) is 5.91 Å². The number of hydrogen-bond acceptors (Lipinski definition) is 4. The summed E-state index contributed by atoms with van der Waals surface area (Å²) in [7, 11) is 3.27. The van der Waals surface area contributed by atoms with Crippen molar-refractivity contribution < 1.29 is 14.3 Å². The van der Waals surface area contributed by atoms with Gasteiger partial charge in [-0.25, -0.2) is 0 Å². The second-order valence-corrected chi connectivity index (χ2v) is 6.93. The van der Waals surface area contributed by atoms with Crippen molar-refractivity contribution >= 4 is 33.6 Å². The summed E-state index contributed by atoms with van der Waals surface area (Å²) in [5, 5.41) is 2.92. The first kappa shape index (κ1) is 18.7. The van der Waals surface area contributed by atoms with Crippen LogP contribution in [0.1, 0.15) is 11.1 Å². The summed E-state index contributed by atoms with van der Waals surface area (Å²) in [5.41, 5.74) is 2.20. The smallest absolute Gasteiger partial charge is 0.230 e. The van der Waals surface area contributed by atoms with E-state index < -0.39 is 0 Å². The van der Waals surface area contributed by atoms with Crippen molar-refractivity contribution in [2.24, 2.45) is 0 Å². The molecule has 1 amide bonds. The highest BCUT2D eigenvalue weighted by Crippen LogP contribution is 2.27. The standard InChI is InChI=1S/C18H20BrNO3S/c1-22-15-6-3-13(4-7-15)10-20-18(21)12-24-11-14-5-8-17(23-2)16(19)9-14/h3-9H,10-12H2,1-2H3,(H,20,21). The molecule has 6 heteroatoms. The Hall–Kier alpha value is -1.66. The maximum atomic E-state index is 11.9. The van der Waals surface area contributed by atoms with Crippen LogP contribution >= 0.6 is 27.7 Å². The molecule has 0 aliphatic rings. The molecule has 128 valence electrons. The Morgan fingerprint density at radius 2 is 1.79 bits per heavy atom. The number of thioether (sulfide) groups is 1. The first-order valence-corrected chi connectivity index (χ1v) is 9.37. The highest BCUT2D eigenvalue weighted by molar-refractivity contribution is 9.10. The third-order valence-corrected chi connectivity index (χ3v) is 4.99. The van der Waals surface area contributed by atoms with Gasteiger partial charge in [0.05, 0.1) is 24.4 Å². The van der Waals surface area contributed by atoms with E-state index in [4.69, 9.17) is 9.47 Å². The Kier molecular flexibility index (Phi) is 7.46. The SMILES string of the molecule is COc1ccc(CNC(=O)CSCc2ccc(OC)c(Br)c2)cc1. The Morgan fingerprint density at radius 3 is 2.42 bits per heavy atom. The molecule has 0 saturated heterocycles. The largest absolute Gasteiger partial charge is 0.497 e. The fourth-order valence-corrected chi connectivity index (χ4v) is 3.45. The second-order valence-electron chi connectivity index (χ2n) is 5.09. The van der Waals surface area contributed by atoms with Crippen molar-refractivity contribution in [2.75, 3.05) is 20.0 Å². The van der Waals surface area contributed by atoms with Crippen molar-refractivity contribution in [2.45, 2.75) is 12.3 Å². The Bertz CT molecular complexity index is 676. The number of nitrogens with one attached hydrogen (secondary N) is 1. The lowest BCUT2D eigenvalue weighted by Crippen LogP contribution is -2.24. The third-order valence-electron chi connectivity index (χ3n) is 3.37. The van der Waals surface area contributed by atoms with Crippen LogP contribution in [-0.2, 0) is 17.1 Å². The summed E-state index contributed by atoms with van der Waals surface area (Å²) in [6.45, 7) is 0.525. The Labute approximate surface area is 155 Å². The summed E-state index contributed by atoms with van der Waals surface area (Å²) in [6.07, 6.45) is 0. The predicted molar refractivity (Wildman–Crippen MR) is 102 cm³/mol. The summed E-state index contributed by atoms with van der Waals surface area (Å²) in [4.78, 5) is 11.9. The Morgan fingerprint density at radius 1 is 1.08 bits per heavy atom. The molecule has 0 aliphatic heterocycles. The van der Waals surface area contributed by atoms with E-state index in [0.717, 1.165) is 32.9 Å². The topological polar surface area (TPSA) is 47.6 Å². The molecule has 0 aliphatic carbocycles. The van der Waals surface area contributed by atoms with Gasteiger partial charge in [0.1, 0.15) is 11.5 Å². The number of methoxy groups -OCH3 is 2. The van der Waals surface area contributed by atoms with Gasteiger partial charge in [0.25, 0.3) is 0 Å². The van der Waals surface area contributed by atoms with Gasteiger partial charge in [-0.3, -0.25) is 4.79 Å². The lowest BCUT2D eigenvalue weighted by molar-refractivity contribution is -0.118. The minimum atomic E-state index is 0.0309. The zero-order valence-corrected chi connectivity index (χ0v) is 16.1. The van der Waals surface area contributed by atoms with E-state index >= 15 is 0 Å². The number of amides is 1. The number of hydrogen-bond donors (Lipinski definition) is 1. The van der Waals surface area contributed by atoms with Gasteiger partial charge in [0.15, 0.2) is 0 Å². The summed E-state index contributed by atoms with van der Waals surface area (Å²) >= 11 is 5.05. The van der Waals surface area contributed by atoms with E-state index in [2.05, 4.69) is 21.2 Å². The van der Waals surface area contributed by atoms with Crippen LogP contribution in [0.2, 0.25) is 0 Å². The molecule has 0 heterocycles. The van der Waals surface area contributed by atoms with E-state index in [9.17, 15) is 4.79 Å². The van der Waals surface area contributed by atoms with Crippen LogP contribution in [0.15, 0.2) is 46.9 Å². The average Bonchev–Trinajstić information content (AvgIpc) is 2.60. The molecular weight excluding hydrogens is 390 g/mol. The van der Waals surface area contributed by atoms with Gasteiger partial charge in [-0.1, -0.05) is 18.2 Å². The van der Waals surface area contributed by atoms with E-state index in [1.54, 1.807) is 26.0 Å². The molecule has 2 aromatic rings. The van der Waals surface area contributed by atoms with Gasteiger partial charge in [0, 0.05) is 12.3 Å². The van der Waals surface area contributed by atoms with Crippen molar-refractivity contribution in [3.8, 4) is 11.5 Å². The molecule has 2 rings (SSSR count). The van der Waals surface area contributed by atoms with Crippen LogP contribution in [-0.4, -0.2) is 25.9 Å². The number of rotatable bonds is 8. The zero-order chi connectivity index (χ0) is 17.4. The summed E-state index contributed by atoms with van der Waals surface area (Å²) in [5.74, 6) is 2.86. The van der Waals surface area contributed by atoms with Crippen molar-refractivity contribution in [3.63, 3.8) is 0 Å². The highest BCUT2D eigenvalue weighted by atomic mass is 79.9. The second kappa shape index (κ2) is 9.59. The molecular formula is C18H20BrNO3S. The molecule has 0 atom stereocenters. The summed E-state index contributed by atoms with van der Waals surface area (Å²) < 4.78 is 11.2. The fourth-order valence-electron chi connectivity index (χ4n) is 2.06. The first-order chi connectivity index (χ1) is 11.6. The molecule has 0 aromatic heterocycles. The minimum Gasteiger partial charge on any atom is -0.497 e. The van der Waals surface area contributed by atoms with E-state index in [1.165, 1.54) is 0 Å². The summed E-state index contributed by atoms with van der Waals surface area (Å²) in [6, 6.07) is 13.6. The van der Waals surface area contributed by atoms with E-state index in [1.807, 2.05) is 42.5 Å². The predicted octanol–water partition coefficient (Wildman–Crippen LogP) is 4.02. The van der Waals surface area contributed by atoms with Gasteiger partial charge in [-0.15, -0.1) is 11.8 Å². The molecule has 24 heavy (non-hydrogen) atoms. The van der Waals surface area contributed by atoms with Gasteiger partial charge >= 0.3 is 0 Å². The normalized spacial score (nSPS) is 10.3. The van der Waals surface area contributed by atoms with Gasteiger partial charge in [-0.2, -0.15) is 0 Å². The lowest BCUT2D eigenvalue weighted by Gasteiger charge is -2.08. The lowest BCUT2D eigenvalue weighted by atomic mass is 10.2. The molecule has 0 saturated carbocycles. The monoisotopic (exact) mass is 409 g/mol. The maximum absolute atomic E-state index is 11.9. The van der Waals surface area contributed by atoms with Gasteiger partial charge < -0.3 is 14.8 Å². The average molecular weight is 410 g/mol. The fraction of sp³-hybridized carbons (Fsp3) is 0.278. The molecule has 0 unspecified atom stereocenters. The maximum Gasteiger partial charge on any atom is 0.230 e. The van der Waals surface area contributed by atoms with Crippen molar-refractivity contribution in [1.82, 2.24) is 5.32 Å². The zero-order valence-electron chi connectivity index (χ0n) is 13.7. The molecule has 0 fully saturated rings. The molecule has 0 bridgehead atoms. The third kappa shape index (κ3) is 5.76. The quantitative estimate of drug-likeness (QED) is 0.714. The molecule has 0 spiro atoms. The van der Waals surface area contributed by atoms with Crippen molar-refractivity contribution in [1.29, 1.82) is 0 Å². The minimum absolute atomic E-state index is 0.0309. The van der Waals surface area contributed by atoms with Crippen LogP contribution in [0.4, 0.5) is 0 Å². The van der Waals surface area contributed by atoms with Crippen LogP contribution in [0.3, 0.4) is 0 Å². The van der Waals surface area contributed by atoms with Crippen LogP contribution in [0, 0.1) is 0 Å². The van der Waals surface area contributed by atoms with Gasteiger partial charge in [-0.05, 0) is 51.3 Å². The number of carbonyl (C=O) groups excluding carboxylic acids is 1. The highest BCUT2D eigenvalue weighted by Gasteiger charge is 2.05. The van der Waals surface area contributed by atoms with Crippen molar-refractivity contribution in [3.05, 3.63) is 58.1 Å². The number of benzene rings is 2. The Balaban J connectivity index is 1.72. The van der Waals surface area contributed by atoms with Crippen LogP contribution < -0.4 is 14.8 Å². The molecule has 1 N–H and O–H groups in total.